The molecule has 0 aromatic heterocycles. The fraction of sp³-hybridized carbons (Fsp3) is 0. The predicted molar refractivity (Wildman–Crippen MR) is 95.9 cm³/mol. The fourth-order valence-electron chi connectivity index (χ4n) is 1.94. The highest BCUT2D eigenvalue weighted by molar-refractivity contribution is 7.86. The number of hydrogen-bond acceptors (Lipinski definition) is 4. The molecule has 2 aromatic carbocycles. The number of nitro benzene ring substituents is 1. The summed E-state index contributed by atoms with van der Waals surface area (Å²) in [7, 11) is -4.91. The van der Waals surface area contributed by atoms with E-state index in [9.17, 15) is 22.4 Å². The molecule has 5 nitrogen and oxygen atoms in total. The van der Waals surface area contributed by atoms with E-state index in [0.29, 0.717) is 5.56 Å². The summed E-state index contributed by atoms with van der Waals surface area (Å²) in [5, 5.41) is 10.9. The Bertz CT molecular complexity index is 988. The van der Waals surface area contributed by atoms with E-state index in [-0.39, 0.29) is 21.3 Å². The first-order valence-corrected chi connectivity index (χ1v) is 8.85. The van der Waals surface area contributed by atoms with Crippen LogP contribution < -0.4 is 0 Å². The van der Waals surface area contributed by atoms with Crippen molar-refractivity contribution >= 4 is 51.3 Å². The maximum absolute atomic E-state index is 13.3. The molecule has 0 fully saturated rings. The van der Waals surface area contributed by atoms with E-state index in [1.807, 2.05) is 0 Å². The molecular weight excluding hydrogens is 392 g/mol. The molecule has 130 valence electrons. The minimum atomic E-state index is -4.91. The number of halogens is 3. The van der Waals surface area contributed by atoms with E-state index in [1.165, 1.54) is 48.6 Å². The van der Waals surface area contributed by atoms with Gasteiger partial charge in [0, 0.05) is 17.2 Å². The molecule has 0 saturated heterocycles. The van der Waals surface area contributed by atoms with Crippen molar-refractivity contribution in [3.8, 4) is 0 Å². The smallest absolute Gasteiger partial charge is 0.258 e. The summed E-state index contributed by atoms with van der Waals surface area (Å²) in [5.74, 6) is 0. The summed E-state index contributed by atoms with van der Waals surface area (Å²) >= 11 is 11.6. The summed E-state index contributed by atoms with van der Waals surface area (Å²) in [6, 6.07) is 7.84. The van der Waals surface area contributed by atoms with Gasteiger partial charge in [-0.25, -0.2) is 0 Å². The molecule has 0 saturated carbocycles. The van der Waals surface area contributed by atoms with Gasteiger partial charge in [-0.15, -0.1) is 3.89 Å². The van der Waals surface area contributed by atoms with Crippen LogP contribution in [0.2, 0.25) is 10.0 Å². The zero-order valence-electron chi connectivity index (χ0n) is 12.4. The molecular formula is C16H10Cl2FNO4S. The van der Waals surface area contributed by atoms with Gasteiger partial charge in [-0.2, -0.15) is 8.42 Å². The quantitative estimate of drug-likeness (QED) is 0.295. The Morgan fingerprint density at radius 2 is 1.60 bits per heavy atom. The fourth-order valence-corrected chi connectivity index (χ4v) is 3.10. The molecule has 0 radical (unpaired) electrons. The van der Waals surface area contributed by atoms with Crippen LogP contribution in [0.25, 0.3) is 12.2 Å². The monoisotopic (exact) mass is 401 g/mol. The van der Waals surface area contributed by atoms with E-state index >= 15 is 0 Å². The number of allylic oxidation sites excluding steroid dienone is 2. The first kappa shape index (κ1) is 19.1. The largest absolute Gasteiger partial charge is 0.332 e. The summed E-state index contributed by atoms with van der Waals surface area (Å²) in [6.45, 7) is 0. The normalized spacial score (nSPS) is 12.1. The molecule has 0 bridgehead atoms. The van der Waals surface area contributed by atoms with Gasteiger partial charge in [-0.1, -0.05) is 53.6 Å². The van der Waals surface area contributed by atoms with Gasteiger partial charge in [0.1, 0.15) is 4.90 Å². The zero-order valence-corrected chi connectivity index (χ0v) is 14.7. The number of benzene rings is 2. The Morgan fingerprint density at radius 3 is 2.16 bits per heavy atom. The Hall–Kier alpha value is -2.22. The van der Waals surface area contributed by atoms with Crippen molar-refractivity contribution < 1.29 is 17.2 Å². The van der Waals surface area contributed by atoms with Crippen LogP contribution in [0.1, 0.15) is 11.1 Å². The number of nitrogens with zero attached hydrogens (tertiary/aromatic N) is 1. The van der Waals surface area contributed by atoms with Crippen molar-refractivity contribution in [3.05, 3.63) is 79.8 Å². The maximum atomic E-state index is 13.3. The van der Waals surface area contributed by atoms with Gasteiger partial charge in [-0.05, 0) is 29.3 Å². The van der Waals surface area contributed by atoms with Crippen LogP contribution in [0.5, 0.6) is 0 Å². The lowest BCUT2D eigenvalue weighted by Crippen LogP contribution is -1.95. The number of non-ortho nitro benzene ring substituents is 1. The third-order valence-corrected chi connectivity index (χ3v) is 4.54. The number of hydrogen-bond donors (Lipinski definition) is 0. The van der Waals surface area contributed by atoms with Crippen LogP contribution in [0.3, 0.4) is 0 Å². The third-order valence-electron chi connectivity index (χ3n) is 3.10. The van der Waals surface area contributed by atoms with E-state index in [2.05, 4.69) is 0 Å². The lowest BCUT2D eigenvalue weighted by Gasteiger charge is -2.01. The number of rotatable bonds is 5. The first-order chi connectivity index (χ1) is 11.7. The van der Waals surface area contributed by atoms with Gasteiger partial charge in [0.2, 0.25) is 0 Å². The molecule has 0 unspecified atom stereocenters. The van der Waals surface area contributed by atoms with Crippen molar-refractivity contribution in [1.82, 2.24) is 0 Å². The molecule has 9 heteroatoms. The average Bonchev–Trinajstić information content (AvgIpc) is 2.52. The molecule has 0 atom stereocenters. The molecule has 0 aliphatic rings. The molecule has 0 amide bonds. The molecule has 0 aliphatic carbocycles. The van der Waals surface area contributed by atoms with Crippen molar-refractivity contribution in [3.63, 3.8) is 0 Å². The van der Waals surface area contributed by atoms with Gasteiger partial charge in [0.15, 0.2) is 0 Å². The summed E-state index contributed by atoms with van der Waals surface area (Å²) in [5.41, 5.74) is 0.536. The van der Waals surface area contributed by atoms with Crippen molar-refractivity contribution in [1.29, 1.82) is 0 Å². The van der Waals surface area contributed by atoms with Crippen LogP contribution in [-0.4, -0.2) is 13.3 Å². The van der Waals surface area contributed by atoms with Crippen molar-refractivity contribution in [2.45, 2.75) is 4.90 Å². The Kier molecular flexibility index (Phi) is 5.94. The standard InChI is InChI=1S/C16H10Cl2FNO4S/c17-13-7-5-12(16(9-13)25(19,23)24)4-2-1-3-11-6-8-14(20(21)22)10-15(11)18/h1-10H/b3-1+,4-2-. The number of nitro groups is 1. The van der Waals surface area contributed by atoms with Gasteiger partial charge in [-0.3, -0.25) is 10.1 Å². The molecule has 0 spiro atoms. The van der Waals surface area contributed by atoms with Crippen LogP contribution in [0, 0.1) is 10.1 Å². The second-order valence-electron chi connectivity index (χ2n) is 4.80. The lowest BCUT2D eigenvalue weighted by atomic mass is 10.1. The third kappa shape index (κ3) is 5.12. The zero-order chi connectivity index (χ0) is 18.6. The van der Waals surface area contributed by atoms with Crippen molar-refractivity contribution in [2.24, 2.45) is 0 Å². The highest BCUT2D eigenvalue weighted by Gasteiger charge is 2.16. The maximum Gasteiger partial charge on any atom is 0.332 e. The van der Waals surface area contributed by atoms with Gasteiger partial charge in [0.05, 0.1) is 9.95 Å². The van der Waals surface area contributed by atoms with E-state index in [4.69, 9.17) is 23.2 Å². The Morgan fingerprint density at radius 1 is 1.00 bits per heavy atom. The van der Waals surface area contributed by atoms with E-state index in [1.54, 1.807) is 6.08 Å². The SMILES string of the molecule is O=[N+]([O-])c1ccc(/C=C/C=C\c2ccc(Cl)cc2S(=O)(=O)F)c(Cl)c1. The van der Waals surface area contributed by atoms with Gasteiger partial charge in [0.25, 0.3) is 5.69 Å². The summed E-state index contributed by atoms with van der Waals surface area (Å²) < 4.78 is 35.6. The summed E-state index contributed by atoms with van der Waals surface area (Å²) in [4.78, 5) is 9.56. The highest BCUT2D eigenvalue weighted by Crippen LogP contribution is 2.25. The van der Waals surface area contributed by atoms with Crippen LogP contribution in [-0.2, 0) is 10.2 Å². The van der Waals surface area contributed by atoms with E-state index < -0.39 is 20.0 Å². The minimum Gasteiger partial charge on any atom is -0.258 e. The molecule has 0 aliphatic heterocycles. The predicted octanol–water partition coefficient (Wildman–Crippen LogP) is 5.29. The van der Waals surface area contributed by atoms with E-state index in [0.717, 1.165) is 6.07 Å². The lowest BCUT2D eigenvalue weighted by molar-refractivity contribution is -0.384. The van der Waals surface area contributed by atoms with Crippen molar-refractivity contribution in [2.75, 3.05) is 0 Å². The molecule has 0 N–H and O–H groups in total. The Labute approximate surface area is 153 Å². The van der Waals surface area contributed by atoms with Crippen LogP contribution in [0.15, 0.2) is 53.4 Å². The molecule has 2 rings (SSSR count). The van der Waals surface area contributed by atoms with Gasteiger partial charge >= 0.3 is 10.2 Å². The molecule has 25 heavy (non-hydrogen) atoms. The highest BCUT2D eigenvalue weighted by atomic mass is 35.5. The summed E-state index contributed by atoms with van der Waals surface area (Å²) in [6.07, 6.45) is 5.98. The molecule has 2 aromatic rings. The topological polar surface area (TPSA) is 77.3 Å². The Balaban J connectivity index is 2.25. The van der Waals surface area contributed by atoms with Crippen LogP contribution in [0.4, 0.5) is 9.57 Å². The molecule has 0 heterocycles. The second-order valence-corrected chi connectivity index (χ2v) is 6.96. The second kappa shape index (κ2) is 7.77. The average molecular weight is 402 g/mol. The van der Waals surface area contributed by atoms with Crippen LogP contribution >= 0.6 is 23.2 Å². The van der Waals surface area contributed by atoms with Gasteiger partial charge < -0.3 is 0 Å². The first-order valence-electron chi connectivity index (χ1n) is 6.71. The minimum absolute atomic E-state index is 0.0987.